The van der Waals surface area contributed by atoms with Gasteiger partial charge in [0.1, 0.15) is 11.1 Å². The maximum Gasteiger partial charge on any atom is 0.283 e. The monoisotopic (exact) mass is 371 g/mol. The van der Waals surface area contributed by atoms with Crippen LogP contribution < -0.4 is 0 Å². The molecule has 126 valence electrons. The summed E-state index contributed by atoms with van der Waals surface area (Å²) < 4.78 is 5.66. The topological polar surface area (TPSA) is 88.5 Å². The van der Waals surface area contributed by atoms with Crippen LogP contribution in [0.5, 0.6) is 0 Å². The van der Waals surface area contributed by atoms with Crippen molar-refractivity contribution in [2.75, 3.05) is 0 Å². The Labute approximate surface area is 154 Å². The molecule has 0 saturated carbocycles. The van der Waals surface area contributed by atoms with Crippen LogP contribution in [0.1, 0.15) is 30.7 Å². The maximum absolute atomic E-state index is 9.53. The fourth-order valence-corrected chi connectivity index (χ4v) is 3.32. The van der Waals surface area contributed by atoms with Crippen molar-refractivity contribution in [1.29, 1.82) is 5.26 Å². The first-order valence-corrected chi connectivity index (χ1v) is 8.91. The first-order valence-electron chi connectivity index (χ1n) is 7.72. The Morgan fingerprint density at radius 1 is 1.16 bits per heavy atom. The highest BCUT2D eigenvalue weighted by Crippen LogP contribution is 2.32. The zero-order chi connectivity index (χ0) is 17.8. The van der Waals surface area contributed by atoms with Crippen LogP contribution in [-0.4, -0.2) is 20.4 Å². The summed E-state index contributed by atoms with van der Waals surface area (Å²) in [5.41, 5.74) is 3.00. The van der Waals surface area contributed by atoms with Gasteiger partial charge in [0, 0.05) is 10.6 Å². The molecule has 2 aromatic heterocycles. The van der Waals surface area contributed by atoms with Gasteiger partial charge in [0.2, 0.25) is 5.89 Å². The van der Waals surface area contributed by atoms with E-state index < -0.39 is 0 Å². The Morgan fingerprint density at radius 2 is 2.00 bits per heavy atom. The average molecular weight is 372 g/mol. The lowest BCUT2D eigenvalue weighted by atomic mass is 10.1. The number of halogens is 1. The molecule has 2 heterocycles. The van der Waals surface area contributed by atoms with Gasteiger partial charge in [-0.15, -0.1) is 15.3 Å². The lowest BCUT2D eigenvalue weighted by Crippen LogP contribution is -2.04. The lowest BCUT2D eigenvalue weighted by molar-refractivity contribution is 0.465. The van der Waals surface area contributed by atoms with Crippen molar-refractivity contribution < 1.29 is 4.42 Å². The molecule has 0 radical (unpaired) electrons. The Kier molecular flexibility index (Phi) is 5.31. The molecule has 0 amide bonds. The smallest absolute Gasteiger partial charge is 0.283 e. The Balaban J connectivity index is 1.93. The molecule has 0 aliphatic rings. The van der Waals surface area contributed by atoms with Gasteiger partial charge in [-0.1, -0.05) is 31.5 Å². The highest BCUT2D eigenvalue weighted by atomic mass is 35.5. The number of rotatable bonds is 5. The molecule has 1 aromatic carbocycles. The van der Waals surface area contributed by atoms with Gasteiger partial charge >= 0.3 is 0 Å². The van der Waals surface area contributed by atoms with Crippen molar-refractivity contribution in [3.63, 3.8) is 0 Å². The van der Waals surface area contributed by atoms with E-state index in [1.807, 2.05) is 26.0 Å². The third kappa shape index (κ3) is 3.65. The standard InChI is InChI=1S/C17H14ClN5OS/c1-3-12-13(9-19)16(22-20-14(12)4-2)25-17-23-21-15(24-17)10-6-5-7-11(18)8-10/h5-8H,3-4H2,1-2H3. The van der Waals surface area contributed by atoms with Crippen LogP contribution >= 0.6 is 23.4 Å². The highest BCUT2D eigenvalue weighted by molar-refractivity contribution is 7.99. The van der Waals surface area contributed by atoms with Crippen LogP contribution in [0, 0.1) is 11.3 Å². The normalized spacial score (nSPS) is 10.6. The first kappa shape index (κ1) is 17.4. The summed E-state index contributed by atoms with van der Waals surface area (Å²) in [5.74, 6) is 0.359. The van der Waals surface area contributed by atoms with E-state index in [0.717, 1.165) is 35.0 Å². The van der Waals surface area contributed by atoms with Crippen molar-refractivity contribution in [1.82, 2.24) is 20.4 Å². The Hall–Kier alpha value is -2.43. The molecule has 0 spiro atoms. The molecular formula is C17H14ClN5OS. The molecule has 8 heteroatoms. The van der Waals surface area contributed by atoms with Crippen LogP contribution in [0.4, 0.5) is 0 Å². The Bertz CT molecular complexity index is 950. The SMILES string of the molecule is CCc1nnc(Sc2nnc(-c3cccc(Cl)c3)o2)c(C#N)c1CC. The van der Waals surface area contributed by atoms with Crippen LogP contribution in [0.3, 0.4) is 0 Å². The van der Waals surface area contributed by atoms with Gasteiger partial charge in [-0.2, -0.15) is 10.4 Å². The van der Waals surface area contributed by atoms with Gasteiger partial charge in [-0.25, -0.2) is 0 Å². The van der Waals surface area contributed by atoms with E-state index in [1.54, 1.807) is 12.1 Å². The molecule has 3 rings (SSSR count). The maximum atomic E-state index is 9.53. The van der Waals surface area contributed by atoms with Gasteiger partial charge in [-0.05, 0) is 48.4 Å². The number of aromatic nitrogens is 4. The quantitative estimate of drug-likeness (QED) is 0.659. The summed E-state index contributed by atoms with van der Waals surface area (Å²) in [6.45, 7) is 3.99. The summed E-state index contributed by atoms with van der Waals surface area (Å²) >= 11 is 7.12. The van der Waals surface area contributed by atoms with Gasteiger partial charge in [0.05, 0.1) is 11.3 Å². The summed E-state index contributed by atoms with van der Waals surface area (Å²) in [5, 5.41) is 27.3. The molecule has 0 unspecified atom stereocenters. The number of nitriles is 1. The minimum atomic E-state index is 0.298. The van der Waals surface area contributed by atoms with E-state index in [4.69, 9.17) is 16.0 Å². The molecule has 0 bridgehead atoms. The van der Waals surface area contributed by atoms with E-state index in [9.17, 15) is 5.26 Å². The molecule has 0 fully saturated rings. The zero-order valence-corrected chi connectivity index (χ0v) is 15.2. The average Bonchev–Trinajstić information content (AvgIpc) is 3.09. The predicted octanol–water partition coefficient (Wildman–Crippen LogP) is 4.33. The minimum Gasteiger partial charge on any atom is -0.411 e. The largest absolute Gasteiger partial charge is 0.411 e. The summed E-state index contributed by atoms with van der Waals surface area (Å²) in [6, 6.07) is 9.39. The first-order chi connectivity index (χ1) is 12.2. The number of hydrogen-bond acceptors (Lipinski definition) is 7. The van der Waals surface area contributed by atoms with Crippen LogP contribution in [0.25, 0.3) is 11.5 Å². The van der Waals surface area contributed by atoms with Crippen molar-refractivity contribution in [2.45, 2.75) is 36.9 Å². The van der Waals surface area contributed by atoms with E-state index >= 15 is 0 Å². The number of hydrogen-bond donors (Lipinski definition) is 0. The fourth-order valence-electron chi connectivity index (χ4n) is 2.41. The van der Waals surface area contributed by atoms with E-state index in [-0.39, 0.29) is 0 Å². The molecule has 0 saturated heterocycles. The van der Waals surface area contributed by atoms with Gasteiger partial charge in [0.25, 0.3) is 5.22 Å². The summed E-state index contributed by atoms with van der Waals surface area (Å²) in [6.07, 6.45) is 1.45. The van der Waals surface area contributed by atoms with Crippen LogP contribution in [0.15, 0.2) is 38.9 Å². The molecular weight excluding hydrogens is 358 g/mol. The fraction of sp³-hybridized carbons (Fsp3) is 0.235. The van der Waals surface area contributed by atoms with Crippen LogP contribution in [0.2, 0.25) is 5.02 Å². The molecule has 0 atom stereocenters. The minimum absolute atomic E-state index is 0.298. The third-order valence-corrected chi connectivity index (χ3v) is 4.64. The lowest BCUT2D eigenvalue weighted by Gasteiger charge is -2.08. The summed E-state index contributed by atoms with van der Waals surface area (Å²) in [4.78, 5) is 0. The number of nitrogens with zero attached hydrogens (tertiary/aromatic N) is 5. The molecule has 6 nitrogen and oxygen atoms in total. The van der Waals surface area contributed by atoms with Crippen molar-refractivity contribution >= 4 is 23.4 Å². The second-order valence-corrected chi connectivity index (χ2v) is 6.49. The molecule has 0 N–H and O–H groups in total. The number of aryl methyl sites for hydroxylation is 1. The molecule has 25 heavy (non-hydrogen) atoms. The Morgan fingerprint density at radius 3 is 2.68 bits per heavy atom. The van der Waals surface area contributed by atoms with E-state index in [2.05, 4.69) is 26.5 Å². The number of benzene rings is 1. The molecule has 0 aliphatic carbocycles. The predicted molar refractivity (Wildman–Crippen MR) is 94.4 cm³/mol. The van der Waals surface area contributed by atoms with Crippen molar-refractivity contribution in [2.24, 2.45) is 0 Å². The van der Waals surface area contributed by atoms with Crippen molar-refractivity contribution in [3.8, 4) is 17.5 Å². The van der Waals surface area contributed by atoms with Crippen LogP contribution in [-0.2, 0) is 12.8 Å². The molecule has 0 aliphatic heterocycles. The molecule has 3 aromatic rings. The highest BCUT2D eigenvalue weighted by Gasteiger charge is 2.18. The van der Waals surface area contributed by atoms with Crippen molar-refractivity contribution in [3.05, 3.63) is 46.1 Å². The zero-order valence-electron chi connectivity index (χ0n) is 13.7. The summed E-state index contributed by atoms with van der Waals surface area (Å²) in [7, 11) is 0. The second-order valence-electron chi connectivity index (χ2n) is 5.11. The second kappa shape index (κ2) is 7.64. The third-order valence-electron chi connectivity index (χ3n) is 3.59. The van der Waals surface area contributed by atoms with E-state index in [1.165, 1.54) is 0 Å². The van der Waals surface area contributed by atoms with E-state index in [0.29, 0.717) is 33.1 Å². The van der Waals surface area contributed by atoms with Gasteiger partial charge in [-0.3, -0.25) is 0 Å². The van der Waals surface area contributed by atoms with Gasteiger partial charge < -0.3 is 4.42 Å². The van der Waals surface area contributed by atoms with Gasteiger partial charge in [0.15, 0.2) is 0 Å².